The summed E-state index contributed by atoms with van der Waals surface area (Å²) in [6.45, 7) is 3.05. The van der Waals surface area contributed by atoms with Gasteiger partial charge in [-0.15, -0.1) is 0 Å². The first-order chi connectivity index (χ1) is 13.0. The SMILES string of the molecule is C[C@@H](NC(=O)C1CCN(c2ccccc2[N+](=O)[O-])CC1)c1ccc(F)cc1. The lowest BCUT2D eigenvalue weighted by Gasteiger charge is -2.33. The Morgan fingerprint density at radius 3 is 2.44 bits per heavy atom. The number of para-hydroxylation sites is 2. The van der Waals surface area contributed by atoms with Crippen LogP contribution < -0.4 is 10.2 Å². The maximum atomic E-state index is 13.0. The van der Waals surface area contributed by atoms with Crippen molar-refractivity contribution < 1.29 is 14.1 Å². The van der Waals surface area contributed by atoms with Gasteiger partial charge in [-0.3, -0.25) is 14.9 Å². The Hall–Kier alpha value is -2.96. The molecule has 1 fully saturated rings. The van der Waals surface area contributed by atoms with Gasteiger partial charge in [0, 0.05) is 25.1 Å². The van der Waals surface area contributed by atoms with Crippen molar-refractivity contribution in [3.8, 4) is 0 Å². The second-order valence-electron chi connectivity index (χ2n) is 6.79. The molecule has 1 heterocycles. The van der Waals surface area contributed by atoms with Crippen LogP contribution in [0.25, 0.3) is 0 Å². The quantitative estimate of drug-likeness (QED) is 0.640. The summed E-state index contributed by atoms with van der Waals surface area (Å²) in [5.74, 6) is -0.472. The van der Waals surface area contributed by atoms with Gasteiger partial charge in [0.15, 0.2) is 0 Å². The summed E-state index contributed by atoms with van der Waals surface area (Å²) in [7, 11) is 0. The molecule has 0 saturated carbocycles. The number of anilines is 1. The second kappa shape index (κ2) is 8.16. The van der Waals surface area contributed by atoms with Crippen LogP contribution in [0.15, 0.2) is 48.5 Å². The summed E-state index contributed by atoms with van der Waals surface area (Å²) >= 11 is 0. The minimum Gasteiger partial charge on any atom is -0.366 e. The number of carbonyl (C=O) groups is 1. The van der Waals surface area contributed by atoms with Gasteiger partial charge in [-0.1, -0.05) is 24.3 Å². The van der Waals surface area contributed by atoms with Gasteiger partial charge in [-0.05, 0) is 43.5 Å². The van der Waals surface area contributed by atoms with Crippen LogP contribution in [0.3, 0.4) is 0 Å². The fourth-order valence-electron chi connectivity index (χ4n) is 3.43. The number of hydrogen-bond donors (Lipinski definition) is 1. The molecule has 2 aromatic rings. The van der Waals surface area contributed by atoms with Crippen LogP contribution in [0.2, 0.25) is 0 Å². The molecule has 142 valence electrons. The van der Waals surface area contributed by atoms with E-state index in [1.54, 1.807) is 30.3 Å². The first-order valence-electron chi connectivity index (χ1n) is 9.00. The first-order valence-corrected chi connectivity index (χ1v) is 9.00. The Morgan fingerprint density at radius 2 is 1.81 bits per heavy atom. The molecule has 0 radical (unpaired) electrons. The van der Waals surface area contributed by atoms with E-state index in [0.29, 0.717) is 31.6 Å². The number of carbonyl (C=O) groups excluding carboxylic acids is 1. The van der Waals surface area contributed by atoms with Gasteiger partial charge in [0.25, 0.3) is 5.69 Å². The number of benzene rings is 2. The van der Waals surface area contributed by atoms with E-state index in [2.05, 4.69) is 5.32 Å². The molecular formula is C20H22FN3O3. The zero-order valence-corrected chi connectivity index (χ0v) is 15.1. The third kappa shape index (κ3) is 4.42. The molecule has 2 aromatic carbocycles. The van der Waals surface area contributed by atoms with Crippen molar-refractivity contribution in [2.75, 3.05) is 18.0 Å². The molecule has 0 bridgehead atoms. The molecule has 27 heavy (non-hydrogen) atoms. The lowest BCUT2D eigenvalue weighted by Crippen LogP contribution is -2.41. The van der Waals surface area contributed by atoms with Crippen LogP contribution in [0, 0.1) is 21.8 Å². The van der Waals surface area contributed by atoms with Gasteiger partial charge in [0.05, 0.1) is 11.0 Å². The Kier molecular flexibility index (Phi) is 5.69. The maximum Gasteiger partial charge on any atom is 0.292 e. The highest BCUT2D eigenvalue weighted by molar-refractivity contribution is 5.79. The van der Waals surface area contributed by atoms with E-state index in [1.807, 2.05) is 11.8 Å². The molecule has 1 N–H and O–H groups in total. The van der Waals surface area contributed by atoms with E-state index in [1.165, 1.54) is 18.2 Å². The van der Waals surface area contributed by atoms with E-state index >= 15 is 0 Å². The normalized spacial score (nSPS) is 16.0. The van der Waals surface area contributed by atoms with Crippen LogP contribution in [0.1, 0.15) is 31.4 Å². The summed E-state index contributed by atoms with van der Waals surface area (Å²) < 4.78 is 13.0. The van der Waals surface area contributed by atoms with Crippen molar-refractivity contribution in [1.29, 1.82) is 0 Å². The Morgan fingerprint density at radius 1 is 1.19 bits per heavy atom. The smallest absolute Gasteiger partial charge is 0.292 e. The summed E-state index contributed by atoms with van der Waals surface area (Å²) in [5, 5.41) is 14.2. The topological polar surface area (TPSA) is 75.5 Å². The van der Waals surface area contributed by atoms with Crippen LogP contribution in [-0.2, 0) is 4.79 Å². The number of halogens is 1. The van der Waals surface area contributed by atoms with Crippen LogP contribution in [-0.4, -0.2) is 23.9 Å². The van der Waals surface area contributed by atoms with Crippen molar-refractivity contribution in [1.82, 2.24) is 5.32 Å². The number of piperidine rings is 1. The fourth-order valence-corrected chi connectivity index (χ4v) is 3.43. The summed E-state index contributed by atoms with van der Waals surface area (Å²) in [6, 6.07) is 12.6. The fraction of sp³-hybridized carbons (Fsp3) is 0.350. The molecule has 1 saturated heterocycles. The van der Waals surface area contributed by atoms with Gasteiger partial charge >= 0.3 is 0 Å². The minimum absolute atomic E-state index is 0.0333. The van der Waals surface area contributed by atoms with Crippen LogP contribution in [0.4, 0.5) is 15.8 Å². The molecule has 0 spiro atoms. The molecule has 7 heteroatoms. The van der Waals surface area contributed by atoms with Crippen LogP contribution >= 0.6 is 0 Å². The van der Waals surface area contributed by atoms with E-state index in [-0.39, 0.29) is 34.3 Å². The van der Waals surface area contributed by atoms with E-state index < -0.39 is 0 Å². The Labute approximate surface area is 157 Å². The lowest BCUT2D eigenvalue weighted by molar-refractivity contribution is -0.384. The monoisotopic (exact) mass is 371 g/mol. The lowest BCUT2D eigenvalue weighted by atomic mass is 9.94. The zero-order valence-electron chi connectivity index (χ0n) is 15.1. The van der Waals surface area contributed by atoms with E-state index in [4.69, 9.17) is 0 Å². The van der Waals surface area contributed by atoms with Gasteiger partial charge in [-0.2, -0.15) is 0 Å². The molecule has 0 unspecified atom stereocenters. The van der Waals surface area contributed by atoms with E-state index in [0.717, 1.165) is 5.56 Å². The summed E-state index contributed by atoms with van der Waals surface area (Å²) in [5.41, 5.74) is 1.54. The molecule has 1 aliphatic heterocycles. The number of nitro benzene ring substituents is 1. The third-order valence-electron chi connectivity index (χ3n) is 5.01. The molecule has 1 atom stereocenters. The second-order valence-corrected chi connectivity index (χ2v) is 6.79. The van der Waals surface area contributed by atoms with Gasteiger partial charge in [0.1, 0.15) is 11.5 Å². The number of nitrogens with zero attached hydrogens (tertiary/aromatic N) is 2. The molecular weight excluding hydrogens is 349 g/mol. The largest absolute Gasteiger partial charge is 0.366 e. The number of rotatable bonds is 5. The van der Waals surface area contributed by atoms with Crippen molar-refractivity contribution in [2.24, 2.45) is 5.92 Å². The number of nitrogens with one attached hydrogen (secondary N) is 1. The van der Waals surface area contributed by atoms with Crippen molar-refractivity contribution in [3.63, 3.8) is 0 Å². The Bertz CT molecular complexity index is 817. The molecule has 3 rings (SSSR count). The van der Waals surface area contributed by atoms with Crippen molar-refractivity contribution in [2.45, 2.75) is 25.8 Å². The first kappa shape index (κ1) is 18.8. The van der Waals surface area contributed by atoms with Crippen molar-refractivity contribution >= 4 is 17.3 Å². The molecule has 1 aliphatic rings. The average Bonchev–Trinajstić information content (AvgIpc) is 2.68. The molecule has 6 nitrogen and oxygen atoms in total. The summed E-state index contributed by atoms with van der Waals surface area (Å²) in [4.78, 5) is 25.3. The molecule has 0 aromatic heterocycles. The highest BCUT2D eigenvalue weighted by Gasteiger charge is 2.28. The number of nitro groups is 1. The minimum atomic E-state index is -0.376. The average molecular weight is 371 g/mol. The highest BCUT2D eigenvalue weighted by Crippen LogP contribution is 2.31. The van der Waals surface area contributed by atoms with Crippen LogP contribution in [0.5, 0.6) is 0 Å². The van der Waals surface area contributed by atoms with Gasteiger partial charge in [0.2, 0.25) is 5.91 Å². The maximum absolute atomic E-state index is 13.0. The molecule has 1 amide bonds. The molecule has 0 aliphatic carbocycles. The van der Waals surface area contributed by atoms with Gasteiger partial charge in [-0.25, -0.2) is 4.39 Å². The predicted molar refractivity (Wildman–Crippen MR) is 101 cm³/mol. The zero-order chi connectivity index (χ0) is 19.4. The van der Waals surface area contributed by atoms with E-state index in [9.17, 15) is 19.3 Å². The standard InChI is InChI=1S/C20H22FN3O3/c1-14(15-6-8-17(21)9-7-15)22-20(25)16-10-12-23(13-11-16)18-4-2-3-5-19(18)24(26)27/h2-9,14,16H,10-13H2,1H3,(H,22,25)/t14-/m1/s1. The highest BCUT2D eigenvalue weighted by atomic mass is 19.1. The van der Waals surface area contributed by atoms with Gasteiger partial charge < -0.3 is 10.2 Å². The third-order valence-corrected chi connectivity index (χ3v) is 5.01. The van der Waals surface area contributed by atoms with Crippen molar-refractivity contribution in [3.05, 3.63) is 70.0 Å². The predicted octanol–water partition coefficient (Wildman–Crippen LogP) is 3.83. The number of amides is 1. The summed E-state index contributed by atoms with van der Waals surface area (Å²) in [6.07, 6.45) is 1.27. The number of hydrogen-bond acceptors (Lipinski definition) is 4. The Balaban J connectivity index is 1.58.